The van der Waals surface area contributed by atoms with Crippen molar-refractivity contribution in [2.24, 2.45) is 11.0 Å². The van der Waals surface area contributed by atoms with Crippen LogP contribution in [0.3, 0.4) is 0 Å². The van der Waals surface area contributed by atoms with Gasteiger partial charge in [-0.3, -0.25) is 4.79 Å². The number of nitrogens with zero attached hydrogens (tertiary/aromatic N) is 2. The Morgan fingerprint density at radius 2 is 1.86 bits per heavy atom. The van der Waals surface area contributed by atoms with Crippen molar-refractivity contribution in [2.75, 3.05) is 5.01 Å². The molecule has 0 aromatic heterocycles. The van der Waals surface area contributed by atoms with Crippen molar-refractivity contribution in [2.45, 2.75) is 26.2 Å². The van der Waals surface area contributed by atoms with Crippen LogP contribution in [0.4, 0.5) is 5.69 Å². The van der Waals surface area contributed by atoms with E-state index in [0.717, 1.165) is 16.5 Å². The third kappa shape index (κ3) is 5.14. The summed E-state index contributed by atoms with van der Waals surface area (Å²) in [6.45, 7) is 2.00. The van der Waals surface area contributed by atoms with Gasteiger partial charge in [-0.1, -0.05) is 53.0 Å². The highest BCUT2D eigenvalue weighted by atomic mass is 79.9. The second-order valence-electron chi connectivity index (χ2n) is 6.75. The third-order valence-corrected chi connectivity index (χ3v) is 5.41. The van der Waals surface area contributed by atoms with E-state index in [4.69, 9.17) is 11.6 Å². The van der Waals surface area contributed by atoms with Crippen LogP contribution in [0.15, 0.2) is 63.7 Å². The fourth-order valence-electron chi connectivity index (χ4n) is 3.18. The number of rotatable bonds is 7. The molecule has 1 N–H and O–H groups in total. The van der Waals surface area contributed by atoms with Crippen LogP contribution in [0.5, 0.6) is 0 Å². The summed E-state index contributed by atoms with van der Waals surface area (Å²) in [6.07, 6.45) is 3.14. The first-order valence-electron chi connectivity index (χ1n) is 9.25. The molecule has 29 heavy (non-hydrogen) atoms. The minimum atomic E-state index is -1.04. The molecule has 2 aromatic carbocycles. The SMILES string of the molecule is CCCC1=NN(c2ccc(Cl)cc2)C(=O)C1C/C(=C/c1ccc(Br)cc1)C(=O)O. The number of halogens is 2. The standard InChI is InChI=1S/C22H20BrClN2O3/c1-2-3-20-19(21(27)26(25-20)18-10-8-17(24)9-11-18)13-15(22(28)29)12-14-4-6-16(23)7-5-14/h4-12,19H,2-3,13H2,1H3,(H,28,29)/b15-12-. The number of carbonyl (C=O) groups excluding carboxylic acids is 1. The molecule has 0 bridgehead atoms. The Kier molecular flexibility index (Phi) is 6.87. The number of amides is 1. The minimum absolute atomic E-state index is 0.0904. The van der Waals surface area contributed by atoms with E-state index in [2.05, 4.69) is 21.0 Å². The highest BCUT2D eigenvalue weighted by Crippen LogP contribution is 2.31. The number of carboxylic acid groups (broad SMARTS) is 1. The molecule has 2 aromatic rings. The number of hydrazone groups is 1. The zero-order chi connectivity index (χ0) is 21.0. The fraction of sp³-hybridized carbons (Fsp3) is 0.227. The van der Waals surface area contributed by atoms with Gasteiger partial charge in [0.1, 0.15) is 0 Å². The lowest BCUT2D eigenvalue weighted by Gasteiger charge is -2.15. The molecule has 1 heterocycles. The normalized spacial score (nSPS) is 16.9. The Hall–Kier alpha value is -2.44. The van der Waals surface area contributed by atoms with Crippen molar-refractivity contribution in [3.8, 4) is 0 Å². The summed E-state index contributed by atoms with van der Waals surface area (Å²) in [5.74, 6) is -1.86. The molecule has 1 unspecified atom stereocenters. The van der Waals surface area contributed by atoms with Gasteiger partial charge >= 0.3 is 5.97 Å². The Bertz CT molecular complexity index is 969. The monoisotopic (exact) mass is 474 g/mol. The quantitative estimate of drug-likeness (QED) is 0.516. The number of anilines is 1. The maximum Gasteiger partial charge on any atom is 0.331 e. The van der Waals surface area contributed by atoms with Gasteiger partial charge in [-0.2, -0.15) is 5.10 Å². The average Bonchev–Trinajstić information content (AvgIpc) is 2.99. The summed E-state index contributed by atoms with van der Waals surface area (Å²) in [4.78, 5) is 24.9. The Balaban J connectivity index is 1.89. The first-order valence-corrected chi connectivity index (χ1v) is 10.4. The van der Waals surface area contributed by atoms with E-state index < -0.39 is 11.9 Å². The van der Waals surface area contributed by atoms with Crippen LogP contribution in [0.25, 0.3) is 6.08 Å². The van der Waals surface area contributed by atoms with E-state index >= 15 is 0 Å². The lowest BCUT2D eigenvalue weighted by atomic mass is 9.91. The van der Waals surface area contributed by atoms with E-state index in [0.29, 0.717) is 22.8 Å². The van der Waals surface area contributed by atoms with Gasteiger partial charge in [-0.15, -0.1) is 0 Å². The lowest BCUT2D eigenvalue weighted by molar-refractivity contribution is -0.132. The van der Waals surface area contributed by atoms with Crippen LogP contribution in [0.2, 0.25) is 5.02 Å². The van der Waals surface area contributed by atoms with Crippen LogP contribution in [0.1, 0.15) is 31.7 Å². The first-order chi connectivity index (χ1) is 13.9. The summed E-state index contributed by atoms with van der Waals surface area (Å²) in [7, 11) is 0. The number of aliphatic carboxylic acids is 1. The topological polar surface area (TPSA) is 70.0 Å². The van der Waals surface area contributed by atoms with Gasteiger partial charge in [0.25, 0.3) is 5.91 Å². The Labute approximate surface area is 182 Å². The minimum Gasteiger partial charge on any atom is -0.478 e. The van der Waals surface area contributed by atoms with Crippen LogP contribution >= 0.6 is 27.5 Å². The fourth-order valence-corrected chi connectivity index (χ4v) is 3.57. The molecule has 7 heteroatoms. The van der Waals surface area contributed by atoms with Crippen LogP contribution in [-0.4, -0.2) is 22.7 Å². The van der Waals surface area contributed by atoms with Gasteiger partial charge < -0.3 is 5.11 Å². The van der Waals surface area contributed by atoms with E-state index in [1.165, 1.54) is 5.01 Å². The number of hydrogen-bond donors (Lipinski definition) is 1. The van der Waals surface area contributed by atoms with Crippen LogP contribution in [0, 0.1) is 5.92 Å². The van der Waals surface area contributed by atoms with Gasteiger partial charge in [0.05, 0.1) is 17.3 Å². The number of hydrogen-bond acceptors (Lipinski definition) is 3. The van der Waals surface area contributed by atoms with E-state index in [1.807, 2.05) is 31.2 Å². The summed E-state index contributed by atoms with van der Waals surface area (Å²) >= 11 is 9.30. The maximum absolute atomic E-state index is 13.1. The molecule has 0 saturated heterocycles. The Morgan fingerprint density at radius 3 is 2.45 bits per heavy atom. The summed E-state index contributed by atoms with van der Waals surface area (Å²) in [5, 5.41) is 16.1. The van der Waals surface area contributed by atoms with Crippen LogP contribution in [-0.2, 0) is 9.59 Å². The van der Waals surface area contributed by atoms with E-state index in [9.17, 15) is 14.7 Å². The van der Waals surface area contributed by atoms with Gasteiger partial charge in [-0.05, 0) is 60.9 Å². The molecule has 1 aliphatic heterocycles. The molecule has 1 amide bonds. The lowest BCUT2D eigenvalue weighted by Crippen LogP contribution is -2.28. The largest absolute Gasteiger partial charge is 0.478 e. The molecule has 150 valence electrons. The molecular weight excluding hydrogens is 456 g/mol. The second-order valence-corrected chi connectivity index (χ2v) is 8.10. The second kappa shape index (κ2) is 9.37. The number of benzene rings is 2. The van der Waals surface area contributed by atoms with Crippen molar-refractivity contribution in [1.29, 1.82) is 0 Å². The molecule has 0 fully saturated rings. The predicted octanol–water partition coefficient (Wildman–Crippen LogP) is 5.78. The van der Waals surface area contributed by atoms with Crippen molar-refractivity contribution < 1.29 is 14.7 Å². The molecule has 0 spiro atoms. The smallest absolute Gasteiger partial charge is 0.331 e. The molecule has 0 saturated carbocycles. The number of carbonyl (C=O) groups is 2. The molecule has 5 nitrogen and oxygen atoms in total. The molecule has 1 aliphatic rings. The molecule has 0 radical (unpaired) electrons. The summed E-state index contributed by atoms with van der Waals surface area (Å²) in [6, 6.07) is 14.2. The molecule has 0 aliphatic carbocycles. The molecule has 3 rings (SSSR count). The zero-order valence-electron chi connectivity index (χ0n) is 15.8. The van der Waals surface area contributed by atoms with Crippen molar-refractivity contribution in [3.05, 3.63) is 69.2 Å². The van der Waals surface area contributed by atoms with Gasteiger partial charge in [0, 0.05) is 15.1 Å². The van der Waals surface area contributed by atoms with Crippen molar-refractivity contribution in [1.82, 2.24) is 0 Å². The van der Waals surface area contributed by atoms with Crippen molar-refractivity contribution >= 4 is 56.9 Å². The van der Waals surface area contributed by atoms with Gasteiger partial charge in [0.2, 0.25) is 0 Å². The highest BCUT2D eigenvalue weighted by molar-refractivity contribution is 9.10. The highest BCUT2D eigenvalue weighted by Gasteiger charge is 2.37. The third-order valence-electron chi connectivity index (χ3n) is 4.62. The maximum atomic E-state index is 13.1. The average molecular weight is 476 g/mol. The molecular formula is C22H20BrClN2O3. The Morgan fingerprint density at radius 1 is 1.21 bits per heavy atom. The zero-order valence-corrected chi connectivity index (χ0v) is 18.2. The summed E-state index contributed by atoms with van der Waals surface area (Å²) < 4.78 is 0.911. The van der Waals surface area contributed by atoms with Crippen molar-refractivity contribution in [3.63, 3.8) is 0 Å². The van der Waals surface area contributed by atoms with Crippen LogP contribution < -0.4 is 5.01 Å². The summed E-state index contributed by atoms with van der Waals surface area (Å²) in [5.41, 5.74) is 2.26. The van der Waals surface area contributed by atoms with Gasteiger partial charge in [-0.25, -0.2) is 9.80 Å². The predicted molar refractivity (Wildman–Crippen MR) is 119 cm³/mol. The van der Waals surface area contributed by atoms with E-state index in [-0.39, 0.29) is 17.9 Å². The number of carboxylic acids is 1. The van der Waals surface area contributed by atoms with Gasteiger partial charge in [0.15, 0.2) is 0 Å². The van der Waals surface area contributed by atoms with E-state index in [1.54, 1.807) is 30.3 Å². The first kappa shape index (κ1) is 21.3. The molecule has 1 atom stereocenters.